The number of hydrogen-bond acceptors (Lipinski definition) is 4. The summed E-state index contributed by atoms with van der Waals surface area (Å²) in [6.45, 7) is 8.51. The van der Waals surface area contributed by atoms with Crippen molar-refractivity contribution in [2.45, 2.75) is 39.3 Å². The highest BCUT2D eigenvalue weighted by Gasteiger charge is 2.17. The molecular formula is C12H23IO4. The van der Waals surface area contributed by atoms with Gasteiger partial charge in [-0.05, 0) is 56.4 Å². The molecule has 102 valence electrons. The summed E-state index contributed by atoms with van der Waals surface area (Å²) in [6, 6.07) is 0. The molecule has 0 bridgehead atoms. The van der Waals surface area contributed by atoms with E-state index >= 15 is 0 Å². The van der Waals surface area contributed by atoms with Gasteiger partial charge in [0.2, 0.25) is 0 Å². The van der Waals surface area contributed by atoms with Crippen LogP contribution in [-0.4, -0.2) is 39.0 Å². The lowest BCUT2D eigenvalue weighted by Crippen LogP contribution is -2.27. The molecule has 0 saturated carbocycles. The van der Waals surface area contributed by atoms with E-state index in [1.54, 1.807) is 14.2 Å². The summed E-state index contributed by atoms with van der Waals surface area (Å²) in [7, 11) is 3.25. The van der Waals surface area contributed by atoms with E-state index in [2.05, 4.69) is 22.6 Å². The topological polar surface area (TPSA) is 36.9 Å². The molecule has 0 heterocycles. The van der Waals surface area contributed by atoms with E-state index in [-0.39, 0.29) is 0 Å². The second-order valence-electron chi connectivity index (χ2n) is 4.46. The lowest BCUT2D eigenvalue weighted by molar-refractivity contribution is -0.192. The maximum Gasteiger partial charge on any atom is 0.162 e. The van der Waals surface area contributed by atoms with E-state index in [1.807, 2.05) is 33.8 Å². The van der Waals surface area contributed by atoms with Gasteiger partial charge in [0.05, 0.1) is 13.2 Å². The third-order valence-corrected chi connectivity index (χ3v) is 3.03. The van der Waals surface area contributed by atoms with Crippen molar-refractivity contribution in [1.29, 1.82) is 0 Å². The highest BCUT2D eigenvalue weighted by molar-refractivity contribution is 14.1. The zero-order chi connectivity index (χ0) is 13.5. The Labute approximate surface area is 118 Å². The maximum atomic E-state index is 5.56. The standard InChI is InChI=1S/C12H23IO4/c1-11(2,14-5)16-8-7-10(13)9-17-12(3,4)15-6/h7H,8-9H2,1-6H3/b10-7+. The van der Waals surface area contributed by atoms with Crippen LogP contribution in [-0.2, 0) is 18.9 Å². The summed E-state index contributed by atoms with van der Waals surface area (Å²) in [4.78, 5) is 0. The number of rotatable bonds is 8. The number of hydrogen-bond donors (Lipinski definition) is 0. The van der Waals surface area contributed by atoms with E-state index in [9.17, 15) is 0 Å². The summed E-state index contributed by atoms with van der Waals surface area (Å²) in [6.07, 6.45) is 1.97. The first-order chi connectivity index (χ1) is 7.72. The van der Waals surface area contributed by atoms with Crippen molar-refractivity contribution in [2.24, 2.45) is 0 Å². The van der Waals surface area contributed by atoms with E-state index in [0.717, 1.165) is 3.58 Å². The molecule has 0 aliphatic carbocycles. The molecule has 0 aromatic heterocycles. The monoisotopic (exact) mass is 358 g/mol. The molecule has 0 radical (unpaired) electrons. The molecule has 0 aliphatic heterocycles. The lowest BCUT2D eigenvalue weighted by Gasteiger charge is -2.24. The van der Waals surface area contributed by atoms with E-state index in [0.29, 0.717) is 13.2 Å². The van der Waals surface area contributed by atoms with Crippen LogP contribution in [0.2, 0.25) is 0 Å². The molecule has 0 fully saturated rings. The third kappa shape index (κ3) is 8.96. The van der Waals surface area contributed by atoms with Crippen LogP contribution in [0.5, 0.6) is 0 Å². The summed E-state index contributed by atoms with van der Waals surface area (Å²) < 4.78 is 22.5. The highest BCUT2D eigenvalue weighted by Crippen LogP contribution is 2.15. The largest absolute Gasteiger partial charge is 0.354 e. The van der Waals surface area contributed by atoms with E-state index in [4.69, 9.17) is 18.9 Å². The van der Waals surface area contributed by atoms with Crippen molar-refractivity contribution in [1.82, 2.24) is 0 Å². The van der Waals surface area contributed by atoms with Crippen molar-refractivity contribution >= 4 is 22.6 Å². The van der Waals surface area contributed by atoms with Gasteiger partial charge < -0.3 is 18.9 Å². The Morgan fingerprint density at radius 1 is 1.00 bits per heavy atom. The van der Waals surface area contributed by atoms with Crippen molar-refractivity contribution < 1.29 is 18.9 Å². The molecule has 0 saturated heterocycles. The zero-order valence-electron chi connectivity index (χ0n) is 11.5. The highest BCUT2D eigenvalue weighted by atomic mass is 127. The molecule has 0 atom stereocenters. The molecule has 5 heteroatoms. The van der Waals surface area contributed by atoms with Gasteiger partial charge in [-0.25, -0.2) is 0 Å². The van der Waals surface area contributed by atoms with Crippen molar-refractivity contribution in [2.75, 3.05) is 27.4 Å². The maximum absolute atomic E-state index is 5.56. The van der Waals surface area contributed by atoms with Gasteiger partial charge in [0.15, 0.2) is 11.6 Å². The minimum atomic E-state index is -0.559. The van der Waals surface area contributed by atoms with Gasteiger partial charge >= 0.3 is 0 Å². The Hall–Kier alpha value is 0.310. The quantitative estimate of drug-likeness (QED) is 0.494. The Morgan fingerprint density at radius 2 is 1.47 bits per heavy atom. The van der Waals surface area contributed by atoms with Crippen LogP contribution < -0.4 is 0 Å². The third-order valence-electron chi connectivity index (χ3n) is 2.28. The van der Waals surface area contributed by atoms with Crippen LogP contribution in [0.25, 0.3) is 0 Å². The van der Waals surface area contributed by atoms with Crippen LogP contribution in [0.4, 0.5) is 0 Å². The zero-order valence-corrected chi connectivity index (χ0v) is 13.7. The minimum absolute atomic E-state index is 0.496. The first-order valence-electron chi connectivity index (χ1n) is 5.45. The molecular weight excluding hydrogens is 335 g/mol. The molecule has 0 unspecified atom stereocenters. The van der Waals surface area contributed by atoms with Gasteiger partial charge in [-0.3, -0.25) is 0 Å². The number of halogens is 1. The second kappa shape index (κ2) is 7.68. The van der Waals surface area contributed by atoms with Crippen molar-refractivity contribution in [3.05, 3.63) is 9.66 Å². The predicted octanol–water partition coefficient (Wildman–Crippen LogP) is 3.10. The van der Waals surface area contributed by atoms with Crippen LogP contribution in [0, 0.1) is 0 Å². The smallest absolute Gasteiger partial charge is 0.162 e. The summed E-state index contributed by atoms with van der Waals surface area (Å²) in [5.74, 6) is -1.11. The number of ether oxygens (including phenoxy) is 4. The fraction of sp³-hybridized carbons (Fsp3) is 0.833. The Morgan fingerprint density at radius 3 is 1.94 bits per heavy atom. The fourth-order valence-electron chi connectivity index (χ4n) is 0.752. The molecule has 0 N–H and O–H groups in total. The first-order valence-corrected chi connectivity index (χ1v) is 6.53. The van der Waals surface area contributed by atoms with Gasteiger partial charge in [0, 0.05) is 17.8 Å². The molecule has 0 rings (SSSR count). The molecule has 0 amide bonds. The van der Waals surface area contributed by atoms with Crippen LogP contribution in [0.1, 0.15) is 27.7 Å². The fourth-order valence-corrected chi connectivity index (χ4v) is 1.09. The average molecular weight is 358 g/mol. The van der Waals surface area contributed by atoms with Crippen molar-refractivity contribution in [3.63, 3.8) is 0 Å². The Balaban J connectivity index is 3.95. The molecule has 0 aromatic carbocycles. The average Bonchev–Trinajstić information content (AvgIpc) is 2.26. The summed E-state index contributed by atoms with van der Waals surface area (Å²) in [5, 5.41) is 0. The molecule has 0 aliphatic rings. The summed E-state index contributed by atoms with van der Waals surface area (Å²) in [5.41, 5.74) is 0. The normalized spacial score (nSPS) is 14.2. The molecule has 0 spiro atoms. The van der Waals surface area contributed by atoms with E-state index < -0.39 is 11.6 Å². The lowest BCUT2D eigenvalue weighted by atomic mass is 10.4. The first kappa shape index (κ1) is 17.3. The molecule has 17 heavy (non-hydrogen) atoms. The van der Waals surface area contributed by atoms with Crippen molar-refractivity contribution in [3.8, 4) is 0 Å². The number of methoxy groups -OCH3 is 2. The van der Waals surface area contributed by atoms with Gasteiger partial charge in [0.25, 0.3) is 0 Å². The van der Waals surface area contributed by atoms with Crippen LogP contribution >= 0.6 is 22.6 Å². The second-order valence-corrected chi connectivity index (χ2v) is 5.84. The Bertz CT molecular complexity index is 249. The predicted molar refractivity (Wildman–Crippen MR) is 76.2 cm³/mol. The van der Waals surface area contributed by atoms with E-state index in [1.165, 1.54) is 0 Å². The van der Waals surface area contributed by atoms with Gasteiger partial charge in [0.1, 0.15) is 0 Å². The Kier molecular flexibility index (Phi) is 7.82. The molecule has 0 aromatic rings. The molecule has 4 nitrogen and oxygen atoms in total. The van der Waals surface area contributed by atoms with Gasteiger partial charge in [-0.15, -0.1) is 0 Å². The minimum Gasteiger partial charge on any atom is -0.354 e. The SMILES string of the molecule is COC(C)(C)OC/C=C(/I)COC(C)(C)OC. The van der Waals surface area contributed by atoms with Crippen LogP contribution in [0.3, 0.4) is 0 Å². The van der Waals surface area contributed by atoms with Gasteiger partial charge in [-0.1, -0.05) is 0 Å². The van der Waals surface area contributed by atoms with Crippen LogP contribution in [0.15, 0.2) is 9.66 Å². The summed E-state index contributed by atoms with van der Waals surface area (Å²) >= 11 is 2.22. The van der Waals surface area contributed by atoms with Gasteiger partial charge in [-0.2, -0.15) is 0 Å².